The molecule has 4 nitrogen and oxygen atoms in total. The summed E-state index contributed by atoms with van der Waals surface area (Å²) in [6.07, 6.45) is 1.43. The molecule has 1 atom stereocenters. The van der Waals surface area contributed by atoms with E-state index in [1.807, 2.05) is 0 Å². The number of nitrogen functional groups attached to an aromatic ring is 1. The summed E-state index contributed by atoms with van der Waals surface area (Å²) in [5.41, 5.74) is 6.36. The number of aromatic nitrogens is 1. The quantitative estimate of drug-likeness (QED) is 0.470. The number of pyridine rings is 1. The van der Waals surface area contributed by atoms with Gasteiger partial charge < -0.3 is 15.6 Å². The van der Waals surface area contributed by atoms with Crippen LogP contribution in [-0.4, -0.2) is 11.0 Å². The van der Waals surface area contributed by atoms with Crippen molar-refractivity contribution >= 4 is 11.7 Å². The van der Waals surface area contributed by atoms with Crippen LogP contribution < -0.4 is 29.7 Å². The fourth-order valence-electron chi connectivity index (χ4n) is 0.794. The summed E-state index contributed by atoms with van der Waals surface area (Å²) in [4.78, 5) is 14.3. The summed E-state index contributed by atoms with van der Waals surface area (Å²) in [6.45, 7) is 1.52. The Morgan fingerprint density at radius 2 is 2.23 bits per heavy atom. The maximum Gasteiger partial charge on any atom is 1.00 e. The number of carboxylic acid groups (broad SMARTS) is 1. The van der Waals surface area contributed by atoms with Crippen molar-refractivity contribution in [1.82, 2.24) is 4.98 Å². The van der Waals surface area contributed by atoms with Crippen LogP contribution in [-0.2, 0) is 4.79 Å². The zero-order chi connectivity index (χ0) is 9.14. The molecule has 0 bridgehead atoms. The number of rotatable bonds is 2. The molecule has 1 unspecified atom stereocenters. The molecule has 1 aromatic heterocycles. The van der Waals surface area contributed by atoms with Gasteiger partial charge in [0, 0.05) is 11.6 Å². The van der Waals surface area contributed by atoms with Crippen LogP contribution in [0.2, 0.25) is 0 Å². The monoisotopic (exact) mass is 172 g/mol. The van der Waals surface area contributed by atoms with Gasteiger partial charge in [-0.1, -0.05) is 6.92 Å². The second kappa shape index (κ2) is 4.90. The van der Waals surface area contributed by atoms with Gasteiger partial charge in [-0.2, -0.15) is 0 Å². The van der Waals surface area contributed by atoms with E-state index in [1.54, 1.807) is 12.1 Å². The molecule has 0 saturated carbocycles. The number of hydrogen-bond acceptors (Lipinski definition) is 4. The summed E-state index contributed by atoms with van der Waals surface area (Å²) >= 11 is 0. The Labute approximate surface area is 88.3 Å². The summed E-state index contributed by atoms with van der Waals surface area (Å²) in [5, 5.41) is 10.4. The van der Waals surface area contributed by atoms with E-state index in [0.29, 0.717) is 11.4 Å². The first-order valence-corrected chi connectivity index (χ1v) is 3.53. The Morgan fingerprint density at radius 3 is 2.62 bits per heavy atom. The van der Waals surface area contributed by atoms with Crippen LogP contribution in [0.15, 0.2) is 18.3 Å². The van der Waals surface area contributed by atoms with Crippen molar-refractivity contribution in [1.29, 1.82) is 0 Å². The van der Waals surface area contributed by atoms with Gasteiger partial charge in [-0.3, -0.25) is 4.98 Å². The molecule has 0 radical (unpaired) electrons. The van der Waals surface area contributed by atoms with E-state index in [0.717, 1.165) is 0 Å². The molecule has 0 spiro atoms. The molecule has 0 saturated heterocycles. The Bertz CT molecular complexity index is 287. The van der Waals surface area contributed by atoms with Crippen LogP contribution in [0.1, 0.15) is 18.5 Å². The SMILES string of the molecule is CC(C(=O)[O-])c1ccc(N)cn1.[Li+]. The minimum Gasteiger partial charge on any atom is -0.549 e. The maximum atomic E-state index is 10.4. The van der Waals surface area contributed by atoms with Crippen LogP contribution >= 0.6 is 0 Å². The number of carbonyl (C=O) groups excluding carboxylic acids is 1. The topological polar surface area (TPSA) is 79.0 Å². The third-order valence-corrected chi connectivity index (χ3v) is 1.61. The van der Waals surface area contributed by atoms with Crippen molar-refractivity contribution in [3.63, 3.8) is 0 Å². The molecular formula is C8H9LiN2O2. The smallest absolute Gasteiger partial charge is 0.549 e. The fourth-order valence-corrected chi connectivity index (χ4v) is 0.794. The van der Waals surface area contributed by atoms with Crippen molar-refractivity contribution < 1.29 is 28.8 Å². The number of carbonyl (C=O) groups is 1. The van der Waals surface area contributed by atoms with Crippen molar-refractivity contribution in [3.05, 3.63) is 24.0 Å². The zero-order valence-corrected chi connectivity index (χ0v) is 7.65. The normalized spacial score (nSPS) is 11.5. The van der Waals surface area contributed by atoms with Gasteiger partial charge in [-0.05, 0) is 12.1 Å². The Kier molecular flexibility index (Phi) is 4.53. The molecule has 1 heterocycles. The maximum absolute atomic E-state index is 10.4. The van der Waals surface area contributed by atoms with Crippen LogP contribution in [0.4, 0.5) is 5.69 Å². The van der Waals surface area contributed by atoms with Gasteiger partial charge in [-0.25, -0.2) is 0 Å². The zero-order valence-electron chi connectivity index (χ0n) is 7.65. The molecule has 1 rings (SSSR count). The molecule has 0 aromatic carbocycles. The van der Waals surface area contributed by atoms with Gasteiger partial charge in [0.05, 0.1) is 17.9 Å². The van der Waals surface area contributed by atoms with E-state index in [9.17, 15) is 9.90 Å². The standard InChI is InChI=1S/C8H10N2O2.Li/c1-5(8(11)12)7-3-2-6(9)4-10-7;/h2-5H,9H2,1H3,(H,11,12);/q;+1/p-1. The summed E-state index contributed by atoms with van der Waals surface area (Å²) < 4.78 is 0. The molecule has 0 amide bonds. The molecule has 0 aliphatic heterocycles. The summed E-state index contributed by atoms with van der Waals surface area (Å²) in [7, 11) is 0. The van der Waals surface area contributed by atoms with E-state index < -0.39 is 11.9 Å². The third kappa shape index (κ3) is 3.09. The Balaban J connectivity index is 0.00000144. The van der Waals surface area contributed by atoms with Crippen LogP contribution in [0, 0.1) is 0 Å². The Morgan fingerprint density at radius 1 is 1.62 bits per heavy atom. The van der Waals surface area contributed by atoms with E-state index in [2.05, 4.69) is 4.98 Å². The van der Waals surface area contributed by atoms with Gasteiger partial charge in [0.25, 0.3) is 0 Å². The minimum absolute atomic E-state index is 0. The summed E-state index contributed by atoms with van der Waals surface area (Å²) in [5.74, 6) is -1.82. The second-order valence-electron chi connectivity index (χ2n) is 2.56. The van der Waals surface area contributed by atoms with Crippen molar-refractivity contribution in [2.45, 2.75) is 12.8 Å². The number of nitrogens with two attached hydrogens (primary N) is 1. The molecule has 0 aliphatic rings. The van der Waals surface area contributed by atoms with Crippen LogP contribution in [0.3, 0.4) is 0 Å². The molecule has 2 N–H and O–H groups in total. The van der Waals surface area contributed by atoms with Gasteiger partial charge in [0.15, 0.2) is 0 Å². The predicted molar refractivity (Wildman–Crippen MR) is 42.1 cm³/mol. The van der Waals surface area contributed by atoms with Crippen molar-refractivity contribution in [2.24, 2.45) is 0 Å². The molecule has 0 aliphatic carbocycles. The van der Waals surface area contributed by atoms with Gasteiger partial charge >= 0.3 is 18.9 Å². The number of carboxylic acids is 1. The first-order chi connectivity index (χ1) is 5.61. The van der Waals surface area contributed by atoms with E-state index in [4.69, 9.17) is 5.73 Å². The van der Waals surface area contributed by atoms with Crippen molar-refractivity contribution in [2.75, 3.05) is 5.73 Å². The van der Waals surface area contributed by atoms with E-state index in [-0.39, 0.29) is 18.9 Å². The number of hydrogen-bond donors (Lipinski definition) is 1. The number of nitrogens with zero attached hydrogens (tertiary/aromatic N) is 1. The average molecular weight is 172 g/mol. The first-order valence-electron chi connectivity index (χ1n) is 3.53. The molecule has 0 fully saturated rings. The van der Waals surface area contributed by atoms with E-state index >= 15 is 0 Å². The Hall–Kier alpha value is -0.983. The van der Waals surface area contributed by atoms with Crippen molar-refractivity contribution in [3.8, 4) is 0 Å². The number of anilines is 1. The predicted octanol–water partition coefficient (Wildman–Crippen LogP) is -3.48. The van der Waals surface area contributed by atoms with E-state index in [1.165, 1.54) is 13.1 Å². The second-order valence-corrected chi connectivity index (χ2v) is 2.56. The first kappa shape index (κ1) is 12.0. The van der Waals surface area contributed by atoms with Crippen LogP contribution in [0.25, 0.3) is 0 Å². The molecule has 1 aromatic rings. The minimum atomic E-state index is -1.13. The van der Waals surface area contributed by atoms with Gasteiger partial charge in [0.2, 0.25) is 0 Å². The largest absolute Gasteiger partial charge is 1.00 e. The molecule has 64 valence electrons. The number of aliphatic carboxylic acids is 1. The fraction of sp³-hybridized carbons (Fsp3) is 0.250. The van der Waals surface area contributed by atoms with Crippen LogP contribution in [0.5, 0.6) is 0 Å². The van der Waals surface area contributed by atoms with Gasteiger partial charge in [0.1, 0.15) is 0 Å². The molecule has 13 heavy (non-hydrogen) atoms. The average Bonchev–Trinajstić information content (AvgIpc) is 2.04. The third-order valence-electron chi connectivity index (χ3n) is 1.61. The molecule has 5 heteroatoms. The summed E-state index contributed by atoms with van der Waals surface area (Å²) in [6, 6.07) is 3.19. The molecular weight excluding hydrogens is 163 g/mol. The van der Waals surface area contributed by atoms with Gasteiger partial charge in [-0.15, -0.1) is 0 Å².